The first kappa shape index (κ1) is 83.8. The first-order valence-electron chi connectivity index (χ1n) is 41.1. The molecule has 8 aromatic rings. The Bertz CT molecular complexity index is 6750. The fourth-order valence-corrected chi connectivity index (χ4v) is 15.4. The molecule has 16 rings (SSSR count). The molecular formula is C95H102N16O8. The average molecular weight is 1600 g/mol. The summed E-state index contributed by atoms with van der Waals surface area (Å²) < 4.78 is 7.90. The highest BCUT2D eigenvalue weighted by Gasteiger charge is 2.25. The van der Waals surface area contributed by atoms with Gasteiger partial charge in [0, 0.05) is 26.2 Å². The van der Waals surface area contributed by atoms with Crippen molar-refractivity contribution in [1.82, 2.24) is 78.1 Å². The Hall–Kier alpha value is -13.1. The highest BCUT2D eigenvalue weighted by Crippen LogP contribution is 2.31. The molecule has 8 heterocycles. The zero-order chi connectivity index (χ0) is 84.5. The number of hydrogen-bond acceptors (Lipinski definition) is 16. The van der Waals surface area contributed by atoms with Gasteiger partial charge in [0.15, 0.2) is 46.1 Å². The molecule has 4 N–H and O–H groups in total. The van der Waals surface area contributed by atoms with Crippen molar-refractivity contribution in [3.05, 3.63) is 318 Å². The minimum absolute atomic E-state index is 0.202. The molecule has 0 aliphatic carbocycles. The van der Waals surface area contributed by atoms with Crippen LogP contribution in [0.3, 0.4) is 0 Å². The third kappa shape index (κ3) is 19.8. The Morgan fingerprint density at radius 2 is 0.613 bits per heavy atom. The van der Waals surface area contributed by atoms with Crippen molar-refractivity contribution < 1.29 is 0 Å². The van der Waals surface area contributed by atoms with Gasteiger partial charge in [-0.3, -0.25) is 39.1 Å². The number of aromatic nitrogens is 16. The SMILES string of the molecule is CCCc1cc2c(cc1C)nc1c(=O)[nH]c(=O)nc-1n2CCCc1ccc(C)cc1.CCc1cc2nc3c(=O)[nH]c(=O)nc-3n(CCCc3ccc(C)cc3)c2cc1C.Cc1ccc(CCCn2c3nc(=O)[nH]c(=O)c-3nc3cc(C(C)C)ccc32)cc1.Cc1ccc(CCCn2c3nc(=O)[nH]c(=O)c-3nc3cc(C)c(CC(C)C)cc32)cc1. The van der Waals surface area contributed by atoms with E-state index in [0.29, 0.717) is 61.3 Å². The first-order chi connectivity index (χ1) is 57.1. The Labute approximate surface area is 688 Å². The van der Waals surface area contributed by atoms with E-state index in [4.69, 9.17) is 0 Å². The molecule has 0 fully saturated rings. The highest BCUT2D eigenvalue weighted by molar-refractivity contribution is 5.84. The van der Waals surface area contributed by atoms with Crippen molar-refractivity contribution in [3.8, 4) is 46.1 Å². The van der Waals surface area contributed by atoms with Gasteiger partial charge in [-0.2, -0.15) is 19.9 Å². The minimum atomic E-state index is -0.644. The Balaban J connectivity index is 0.000000137. The van der Waals surface area contributed by atoms with Gasteiger partial charge >= 0.3 is 22.8 Å². The smallest absolute Gasteiger partial charge is 0.322 e. The molecule has 0 aromatic heterocycles. The number of rotatable bonds is 22. The van der Waals surface area contributed by atoms with Crippen LogP contribution in [0.1, 0.15) is 163 Å². The lowest BCUT2D eigenvalue weighted by molar-refractivity contribution is 0.639. The Kier molecular flexibility index (Phi) is 26.1. The number of aryl methyl sites for hydroxylation is 17. The number of nitrogens with one attached hydrogen (secondary N) is 4. The fourth-order valence-electron chi connectivity index (χ4n) is 15.4. The zero-order valence-electron chi connectivity index (χ0n) is 70.0. The van der Waals surface area contributed by atoms with Gasteiger partial charge in [-0.15, -0.1) is 0 Å². The van der Waals surface area contributed by atoms with Gasteiger partial charge in [-0.05, 0) is 241 Å². The van der Waals surface area contributed by atoms with Crippen LogP contribution >= 0.6 is 0 Å². The van der Waals surface area contributed by atoms with Crippen LogP contribution in [0, 0.1) is 54.4 Å². The highest BCUT2D eigenvalue weighted by atomic mass is 16.2. The van der Waals surface area contributed by atoms with Crippen LogP contribution < -0.4 is 45.0 Å². The van der Waals surface area contributed by atoms with Crippen LogP contribution in [-0.2, 0) is 71.1 Å². The van der Waals surface area contributed by atoms with Gasteiger partial charge in [0.2, 0.25) is 0 Å². The first-order valence-corrected chi connectivity index (χ1v) is 41.1. The van der Waals surface area contributed by atoms with Gasteiger partial charge in [-0.25, -0.2) is 39.1 Å². The summed E-state index contributed by atoms with van der Waals surface area (Å²) in [5, 5.41) is 0. The van der Waals surface area contributed by atoms with Crippen LogP contribution in [0.4, 0.5) is 0 Å². The van der Waals surface area contributed by atoms with Crippen molar-refractivity contribution in [3.63, 3.8) is 0 Å². The Morgan fingerprint density at radius 1 is 0.311 bits per heavy atom. The molecule has 0 amide bonds. The van der Waals surface area contributed by atoms with E-state index >= 15 is 0 Å². The van der Waals surface area contributed by atoms with E-state index in [-0.39, 0.29) is 22.8 Å². The van der Waals surface area contributed by atoms with E-state index in [1.54, 1.807) is 0 Å². The molecular weight excluding hydrogens is 1490 g/mol. The third-order valence-electron chi connectivity index (χ3n) is 21.9. The quantitative estimate of drug-likeness (QED) is 0.0458. The van der Waals surface area contributed by atoms with Crippen LogP contribution in [0.25, 0.3) is 90.2 Å². The molecule has 8 aliphatic rings. The lowest BCUT2D eigenvalue weighted by Gasteiger charge is -2.19. The number of hydrogen-bond donors (Lipinski definition) is 4. The molecule has 24 nitrogen and oxygen atoms in total. The van der Waals surface area contributed by atoms with Crippen molar-refractivity contribution in [2.75, 3.05) is 0 Å². The van der Waals surface area contributed by atoms with E-state index in [2.05, 4.69) is 271 Å². The van der Waals surface area contributed by atoms with Gasteiger partial charge in [-0.1, -0.05) is 173 Å². The van der Waals surface area contributed by atoms with Crippen molar-refractivity contribution in [2.45, 2.75) is 199 Å². The summed E-state index contributed by atoms with van der Waals surface area (Å²) in [4.78, 5) is 141. The summed E-state index contributed by atoms with van der Waals surface area (Å²) in [5.74, 6) is 2.27. The van der Waals surface area contributed by atoms with Crippen molar-refractivity contribution in [2.24, 2.45) is 5.92 Å². The average Bonchev–Trinajstić information content (AvgIpc) is 0.730. The van der Waals surface area contributed by atoms with Crippen LogP contribution in [-0.4, -0.2) is 78.1 Å². The summed E-state index contributed by atoms with van der Waals surface area (Å²) in [6, 6.07) is 52.6. The lowest BCUT2D eigenvalue weighted by atomic mass is 9.97. The molecule has 8 aliphatic heterocycles. The second-order valence-electron chi connectivity index (χ2n) is 32.0. The number of aromatic amines is 4. The van der Waals surface area contributed by atoms with Crippen LogP contribution in [0.2, 0.25) is 0 Å². The summed E-state index contributed by atoms with van der Waals surface area (Å²) in [6.45, 7) is 30.0. The summed E-state index contributed by atoms with van der Waals surface area (Å²) in [6.07, 6.45) is 10.9. The number of benzene rings is 8. The molecule has 0 atom stereocenters. The van der Waals surface area contributed by atoms with Crippen molar-refractivity contribution >= 4 is 44.1 Å². The fraction of sp³-hybridized carbons (Fsp3) is 0.326. The maximum absolute atomic E-state index is 12.4. The monoisotopic (exact) mass is 1590 g/mol. The third-order valence-corrected chi connectivity index (χ3v) is 21.9. The molecule has 24 heteroatoms. The number of H-pyrrole nitrogens is 4. The topological polar surface area (TPSA) is 323 Å². The molecule has 0 spiro atoms. The molecule has 0 radical (unpaired) electrons. The summed E-state index contributed by atoms with van der Waals surface area (Å²) in [5.41, 5.74) is 21.2. The molecule has 0 unspecified atom stereocenters. The zero-order valence-corrected chi connectivity index (χ0v) is 70.0. The number of fused-ring (bicyclic) bond motifs is 8. The van der Waals surface area contributed by atoms with E-state index in [9.17, 15) is 38.4 Å². The predicted octanol–water partition coefficient (Wildman–Crippen LogP) is 14.9. The maximum atomic E-state index is 12.4. The lowest BCUT2D eigenvalue weighted by Crippen LogP contribution is -2.29. The standard InChI is InChI=1S/C25H28N4O2.C24H26N4O2.2C23H24N4O2/c1-15(2)12-19-14-21-20(13-17(19)4)26-22-23(27-25(31)28-24(22)30)29(21)11-5-6-18-9-7-16(3)8-10-18;1-4-6-18-14-20-19(13-16(18)3)25-21-22(26-24(30)27-23(21)29)28(20)12-5-7-17-10-8-15(2)9-11-17;1-14(2)17-10-11-19-18(13-17)24-20-21(25-23(29)26-22(20)28)27(19)12-4-5-16-8-6-15(3)7-9-16;1-4-17-13-18-19(12-15(17)3)27(11-5-6-16-9-7-14(2)8-10-16)21-20(24-18)22(28)26-23(29)25-21/h7-10,13-15H,5-6,11-12H2,1-4H3,(H,28,30,31);8-11,13-14H,4-7,12H2,1-3H3,(H,27,29,30);6-11,13-14H,4-5,12H2,1-3H3,(H,26,28,29);7-10,12-13H,4-6,11H2,1-3H3,(H,26,28,29). The second kappa shape index (κ2) is 37.0. The normalized spacial score (nSPS) is 11.5. The minimum Gasteiger partial charge on any atom is -0.322 e. The molecule has 0 bridgehead atoms. The second-order valence-corrected chi connectivity index (χ2v) is 32.0. The van der Waals surface area contributed by atoms with E-state index < -0.39 is 45.0 Å². The number of nitrogens with zero attached hydrogens (tertiary/aromatic N) is 12. The molecule has 0 saturated heterocycles. The maximum Gasteiger partial charge on any atom is 0.349 e. The summed E-state index contributed by atoms with van der Waals surface area (Å²) in [7, 11) is 0. The molecule has 8 aromatic carbocycles. The van der Waals surface area contributed by atoms with E-state index in [1.807, 2.05) is 48.6 Å². The Morgan fingerprint density at radius 3 is 0.941 bits per heavy atom. The van der Waals surface area contributed by atoms with Gasteiger partial charge in [0.25, 0.3) is 22.2 Å². The largest absolute Gasteiger partial charge is 0.349 e. The van der Waals surface area contributed by atoms with Gasteiger partial charge < -0.3 is 18.3 Å². The van der Waals surface area contributed by atoms with E-state index in [0.717, 1.165) is 138 Å². The van der Waals surface area contributed by atoms with Gasteiger partial charge in [0.05, 0.1) is 44.1 Å². The predicted molar refractivity (Wildman–Crippen MR) is 472 cm³/mol. The summed E-state index contributed by atoms with van der Waals surface area (Å²) >= 11 is 0. The van der Waals surface area contributed by atoms with Gasteiger partial charge in [0.1, 0.15) is 0 Å². The van der Waals surface area contributed by atoms with Crippen molar-refractivity contribution in [1.29, 1.82) is 0 Å². The van der Waals surface area contributed by atoms with E-state index in [1.165, 1.54) is 66.8 Å². The molecule has 610 valence electrons. The molecule has 119 heavy (non-hydrogen) atoms. The molecule has 0 saturated carbocycles. The van der Waals surface area contributed by atoms with Crippen LogP contribution in [0.5, 0.6) is 0 Å². The van der Waals surface area contributed by atoms with Crippen LogP contribution in [0.15, 0.2) is 190 Å².